The van der Waals surface area contributed by atoms with Crippen LogP contribution in [0.3, 0.4) is 0 Å². The van der Waals surface area contributed by atoms with E-state index >= 15 is 0 Å². The first-order valence-electron chi connectivity index (χ1n) is 22.1. The lowest BCUT2D eigenvalue weighted by Crippen LogP contribution is -2.37. The Hall–Kier alpha value is -1.96. The summed E-state index contributed by atoms with van der Waals surface area (Å²) in [7, 11) is 1.30. The highest BCUT2D eigenvalue weighted by atomic mass is 31.2. The molecule has 2 atom stereocenters. The molecule has 320 valence electrons. The number of phosphoric ester groups is 1. The summed E-state index contributed by atoms with van der Waals surface area (Å²) in [5, 5.41) is 0. The Morgan fingerprint density at radius 3 is 1.56 bits per heavy atom. The molecule has 1 unspecified atom stereocenters. The molecule has 0 heterocycles. The molecule has 0 radical (unpaired) electrons. The summed E-state index contributed by atoms with van der Waals surface area (Å²) in [5.41, 5.74) is 0. The van der Waals surface area contributed by atoms with Crippen LogP contribution in [-0.4, -0.2) is 64.1 Å². The molecule has 0 saturated carbocycles. The Kier molecular flexibility index (Phi) is 37.5. The summed E-state index contributed by atoms with van der Waals surface area (Å²) in [5.74, 6) is -0.382. The second-order valence-electron chi connectivity index (χ2n) is 15.8. The van der Waals surface area contributed by atoms with Gasteiger partial charge >= 0.3 is 5.97 Å². The molecule has 0 aromatic heterocycles. The molecule has 0 saturated heterocycles. The van der Waals surface area contributed by atoms with Gasteiger partial charge in [0.2, 0.25) is 0 Å². The van der Waals surface area contributed by atoms with Gasteiger partial charge in [-0.2, -0.15) is 0 Å². The highest BCUT2D eigenvalue weighted by molar-refractivity contribution is 7.45. The Morgan fingerprint density at radius 1 is 0.582 bits per heavy atom. The normalized spacial score (nSPS) is 14.3. The number of hydrogen-bond acceptors (Lipinski definition) is 7. The zero-order valence-electron chi connectivity index (χ0n) is 36.1. The fourth-order valence-corrected chi connectivity index (χ4v) is 6.36. The lowest BCUT2D eigenvalue weighted by atomic mass is 10.1. The van der Waals surface area contributed by atoms with Crippen molar-refractivity contribution in [2.24, 2.45) is 0 Å². The van der Waals surface area contributed by atoms with Crippen molar-refractivity contribution in [2.75, 3.05) is 47.5 Å². The minimum absolute atomic E-state index is 0.00344. The lowest BCUT2D eigenvalue weighted by molar-refractivity contribution is -0.870. The van der Waals surface area contributed by atoms with Crippen LogP contribution in [0.4, 0.5) is 0 Å². The van der Waals surface area contributed by atoms with Crippen molar-refractivity contribution in [1.82, 2.24) is 0 Å². The zero-order chi connectivity index (χ0) is 40.6. The number of nitrogens with zero attached hydrogens (tertiary/aromatic N) is 1. The first-order valence-corrected chi connectivity index (χ1v) is 23.5. The van der Waals surface area contributed by atoms with Crippen molar-refractivity contribution in [3.8, 4) is 0 Å². The van der Waals surface area contributed by atoms with E-state index in [1.165, 1.54) is 89.9 Å². The van der Waals surface area contributed by atoms with Crippen LogP contribution < -0.4 is 4.89 Å². The van der Waals surface area contributed by atoms with E-state index in [1.54, 1.807) is 6.26 Å². The molecule has 0 aliphatic rings. The van der Waals surface area contributed by atoms with E-state index in [1.807, 2.05) is 27.2 Å². The average Bonchev–Trinajstić information content (AvgIpc) is 3.13. The summed E-state index contributed by atoms with van der Waals surface area (Å²) >= 11 is 0. The van der Waals surface area contributed by atoms with E-state index in [0.29, 0.717) is 11.0 Å². The molecule has 0 amide bonds. The van der Waals surface area contributed by atoms with E-state index in [-0.39, 0.29) is 32.2 Å². The van der Waals surface area contributed by atoms with Crippen LogP contribution in [0.2, 0.25) is 0 Å². The van der Waals surface area contributed by atoms with Gasteiger partial charge in [-0.05, 0) is 89.5 Å². The molecule has 0 bridgehead atoms. The van der Waals surface area contributed by atoms with E-state index in [0.717, 1.165) is 64.2 Å². The van der Waals surface area contributed by atoms with Crippen LogP contribution in [0.25, 0.3) is 0 Å². The number of esters is 1. The summed E-state index contributed by atoms with van der Waals surface area (Å²) in [6.07, 6.45) is 48.9. The predicted octanol–water partition coefficient (Wildman–Crippen LogP) is 12.7. The number of rotatable bonds is 40. The number of hydrogen-bond donors (Lipinski definition) is 0. The van der Waals surface area contributed by atoms with Crippen LogP contribution in [-0.2, 0) is 27.9 Å². The molecule has 8 nitrogen and oxygen atoms in total. The second-order valence-corrected chi connectivity index (χ2v) is 17.2. The smallest absolute Gasteiger partial charge is 0.306 e. The first-order chi connectivity index (χ1) is 26.6. The van der Waals surface area contributed by atoms with E-state index in [9.17, 15) is 14.3 Å². The van der Waals surface area contributed by atoms with Gasteiger partial charge in [0.05, 0.1) is 34.0 Å². The van der Waals surface area contributed by atoms with Crippen LogP contribution in [0.1, 0.15) is 174 Å². The van der Waals surface area contributed by atoms with Crippen LogP contribution in [0.5, 0.6) is 0 Å². The number of allylic oxidation sites excluding steroid dienone is 9. The topological polar surface area (TPSA) is 94.1 Å². The molecule has 9 heteroatoms. The summed E-state index contributed by atoms with van der Waals surface area (Å²) in [6.45, 7) is 4.65. The Balaban J connectivity index is 4.37. The monoisotopic (exact) mass is 794 g/mol. The first kappa shape index (κ1) is 53.0. The molecule has 0 aliphatic carbocycles. The highest BCUT2D eigenvalue weighted by Crippen LogP contribution is 2.38. The molecular weight excluding hydrogens is 709 g/mol. The van der Waals surface area contributed by atoms with Gasteiger partial charge in [-0.1, -0.05) is 133 Å². The maximum absolute atomic E-state index is 12.7. The lowest BCUT2D eigenvalue weighted by Gasteiger charge is -2.28. The third kappa shape index (κ3) is 43.0. The maximum atomic E-state index is 12.7. The molecule has 55 heavy (non-hydrogen) atoms. The average molecular weight is 794 g/mol. The van der Waals surface area contributed by atoms with Crippen LogP contribution in [0, 0.1) is 0 Å². The second kappa shape index (κ2) is 38.9. The SMILES string of the molecule is CCCCC/C=C\C/C=C\C/C=C\CCCCCCC(=O)O[C@H](CO/C=C\CCCCCC/C=C\CCCCCCCC)COP(=O)([O-])OCC[N+](C)(C)C. The molecule has 0 N–H and O–H groups in total. The standard InChI is InChI=1S/C46H84NO7P/c1-6-8-10-12-14-16-18-20-22-24-25-27-29-31-33-35-37-39-46(48)54-45(44-53-55(49,50)52-42-40-47(3,4)5)43-51-41-38-36-34-32-30-28-26-23-21-19-17-15-13-11-9-7-2/h14,16,20-23,25,27,38,41,45H,6-13,15,17-19,24,26,28-37,39-40,42-44H2,1-5H3/b16-14-,22-20-,23-21-,27-25-,41-38-/t45-/m1/s1. The maximum Gasteiger partial charge on any atom is 0.306 e. The number of likely N-dealkylation sites (N-methyl/N-ethyl adjacent to an activating group) is 1. The minimum Gasteiger partial charge on any atom is -0.756 e. The molecule has 0 spiro atoms. The number of ether oxygens (including phenoxy) is 2. The predicted molar refractivity (Wildman–Crippen MR) is 231 cm³/mol. The third-order valence-corrected chi connectivity index (χ3v) is 10.1. The van der Waals surface area contributed by atoms with Gasteiger partial charge in [0.1, 0.15) is 19.8 Å². The number of carbonyl (C=O) groups excluding carboxylic acids is 1. The largest absolute Gasteiger partial charge is 0.756 e. The fourth-order valence-electron chi connectivity index (χ4n) is 5.63. The molecule has 0 aliphatic heterocycles. The number of unbranched alkanes of at least 4 members (excludes halogenated alkanes) is 18. The molecule has 0 aromatic rings. The Bertz CT molecular complexity index is 1060. The van der Waals surface area contributed by atoms with Gasteiger partial charge < -0.3 is 27.9 Å². The molecular formula is C46H84NO7P. The quantitative estimate of drug-likeness (QED) is 0.0152. The number of carbonyl (C=O) groups is 1. The Labute approximate surface area is 339 Å². The summed E-state index contributed by atoms with van der Waals surface area (Å²) in [4.78, 5) is 25.0. The zero-order valence-corrected chi connectivity index (χ0v) is 37.0. The Morgan fingerprint density at radius 2 is 1.02 bits per heavy atom. The molecule has 0 fully saturated rings. The van der Waals surface area contributed by atoms with E-state index in [2.05, 4.69) is 62.5 Å². The van der Waals surface area contributed by atoms with E-state index in [4.69, 9.17) is 18.5 Å². The van der Waals surface area contributed by atoms with Crippen molar-refractivity contribution >= 4 is 13.8 Å². The van der Waals surface area contributed by atoms with Crippen molar-refractivity contribution in [3.63, 3.8) is 0 Å². The number of quaternary nitrogens is 1. The van der Waals surface area contributed by atoms with Gasteiger partial charge in [-0.25, -0.2) is 0 Å². The van der Waals surface area contributed by atoms with Gasteiger partial charge in [0, 0.05) is 6.42 Å². The molecule has 0 aromatic carbocycles. The van der Waals surface area contributed by atoms with Crippen LogP contribution in [0.15, 0.2) is 60.9 Å². The fraction of sp³-hybridized carbons (Fsp3) is 0.761. The highest BCUT2D eigenvalue weighted by Gasteiger charge is 2.20. The van der Waals surface area contributed by atoms with Crippen molar-refractivity contribution in [1.29, 1.82) is 0 Å². The summed E-state index contributed by atoms with van der Waals surface area (Å²) in [6, 6.07) is 0. The summed E-state index contributed by atoms with van der Waals surface area (Å²) < 4.78 is 34.3. The van der Waals surface area contributed by atoms with E-state index < -0.39 is 13.9 Å². The van der Waals surface area contributed by atoms with Gasteiger partial charge in [-0.15, -0.1) is 0 Å². The third-order valence-electron chi connectivity index (χ3n) is 9.11. The molecule has 0 rings (SSSR count). The van der Waals surface area contributed by atoms with Crippen molar-refractivity contribution in [3.05, 3.63) is 60.9 Å². The van der Waals surface area contributed by atoms with Gasteiger partial charge in [0.15, 0.2) is 6.10 Å². The van der Waals surface area contributed by atoms with Crippen molar-refractivity contribution < 1.29 is 37.3 Å². The van der Waals surface area contributed by atoms with Crippen molar-refractivity contribution in [2.45, 2.75) is 180 Å². The minimum atomic E-state index is -4.55. The van der Waals surface area contributed by atoms with Gasteiger partial charge in [-0.3, -0.25) is 9.36 Å². The van der Waals surface area contributed by atoms with Crippen LogP contribution >= 0.6 is 7.82 Å². The number of phosphoric acid groups is 1. The van der Waals surface area contributed by atoms with Gasteiger partial charge in [0.25, 0.3) is 7.82 Å².